The van der Waals surface area contributed by atoms with E-state index in [0.717, 1.165) is 0 Å². The zero-order valence-electron chi connectivity index (χ0n) is 9.46. The van der Waals surface area contributed by atoms with Crippen LogP contribution < -0.4 is 10.5 Å². The van der Waals surface area contributed by atoms with E-state index in [4.69, 9.17) is 27.3 Å². The summed E-state index contributed by atoms with van der Waals surface area (Å²) in [5, 5.41) is 9.42. The molecule has 0 fully saturated rings. The van der Waals surface area contributed by atoms with E-state index in [1.54, 1.807) is 18.2 Å². The Kier molecular flexibility index (Phi) is 4.03. The van der Waals surface area contributed by atoms with Crippen molar-refractivity contribution in [3.8, 4) is 11.8 Å². The first-order valence-corrected chi connectivity index (χ1v) is 5.41. The zero-order valence-corrected chi connectivity index (χ0v) is 10.2. The summed E-state index contributed by atoms with van der Waals surface area (Å²) in [5.41, 5.74) is 5.87. The SMILES string of the molecule is CC(C)(C#N)CCOc1ccc(Cl)cc1N. The summed E-state index contributed by atoms with van der Waals surface area (Å²) < 4.78 is 5.49. The molecule has 2 N–H and O–H groups in total. The van der Waals surface area contributed by atoms with E-state index < -0.39 is 0 Å². The number of benzene rings is 1. The fourth-order valence-electron chi connectivity index (χ4n) is 1.12. The lowest BCUT2D eigenvalue weighted by Gasteiger charge is -2.16. The Balaban J connectivity index is 2.53. The second-order valence-corrected chi connectivity index (χ2v) is 4.71. The lowest BCUT2D eigenvalue weighted by molar-refractivity contribution is 0.265. The molecule has 0 unspecified atom stereocenters. The number of ether oxygens (including phenoxy) is 1. The van der Waals surface area contributed by atoms with Gasteiger partial charge in [0, 0.05) is 5.02 Å². The monoisotopic (exact) mass is 238 g/mol. The highest BCUT2D eigenvalue weighted by Crippen LogP contribution is 2.26. The summed E-state index contributed by atoms with van der Waals surface area (Å²) in [6.07, 6.45) is 0.658. The van der Waals surface area contributed by atoms with Gasteiger partial charge in [0.1, 0.15) is 5.75 Å². The quantitative estimate of drug-likeness (QED) is 0.820. The van der Waals surface area contributed by atoms with Crippen molar-refractivity contribution in [1.82, 2.24) is 0 Å². The normalized spacial score (nSPS) is 10.9. The van der Waals surface area contributed by atoms with Gasteiger partial charge in [0.15, 0.2) is 0 Å². The van der Waals surface area contributed by atoms with Crippen molar-refractivity contribution in [2.45, 2.75) is 20.3 Å². The fourth-order valence-corrected chi connectivity index (χ4v) is 1.30. The molecule has 0 bridgehead atoms. The Morgan fingerprint density at radius 2 is 2.19 bits per heavy atom. The molecule has 4 heteroatoms. The van der Waals surface area contributed by atoms with Crippen LogP contribution in [0.4, 0.5) is 5.69 Å². The van der Waals surface area contributed by atoms with Gasteiger partial charge in [-0.15, -0.1) is 0 Å². The van der Waals surface area contributed by atoms with Gasteiger partial charge >= 0.3 is 0 Å². The summed E-state index contributed by atoms with van der Waals surface area (Å²) in [6.45, 7) is 4.22. The summed E-state index contributed by atoms with van der Waals surface area (Å²) in [5.74, 6) is 0.609. The van der Waals surface area contributed by atoms with E-state index in [1.807, 2.05) is 13.8 Å². The van der Waals surface area contributed by atoms with Crippen LogP contribution in [-0.2, 0) is 0 Å². The second kappa shape index (κ2) is 5.09. The number of nitrogen functional groups attached to an aromatic ring is 1. The van der Waals surface area contributed by atoms with Crippen molar-refractivity contribution in [1.29, 1.82) is 5.26 Å². The predicted molar refractivity (Wildman–Crippen MR) is 65.4 cm³/mol. The Bertz CT molecular complexity index is 410. The van der Waals surface area contributed by atoms with Gasteiger partial charge in [-0.1, -0.05) is 11.6 Å². The van der Waals surface area contributed by atoms with Crippen LogP contribution in [0.25, 0.3) is 0 Å². The molecule has 0 aliphatic rings. The molecular formula is C12H15ClN2O. The van der Waals surface area contributed by atoms with Crippen molar-refractivity contribution in [3.63, 3.8) is 0 Å². The second-order valence-electron chi connectivity index (χ2n) is 4.28. The maximum Gasteiger partial charge on any atom is 0.142 e. The molecule has 1 rings (SSSR count). The van der Waals surface area contributed by atoms with Gasteiger partial charge in [-0.25, -0.2) is 0 Å². The topological polar surface area (TPSA) is 59.0 Å². The van der Waals surface area contributed by atoms with Gasteiger partial charge in [-0.2, -0.15) is 5.26 Å². The maximum absolute atomic E-state index is 8.83. The van der Waals surface area contributed by atoms with E-state index in [2.05, 4.69) is 6.07 Å². The molecule has 3 nitrogen and oxygen atoms in total. The average molecular weight is 239 g/mol. The van der Waals surface area contributed by atoms with Gasteiger partial charge in [-0.3, -0.25) is 0 Å². The molecule has 0 spiro atoms. The fraction of sp³-hybridized carbons (Fsp3) is 0.417. The van der Waals surface area contributed by atoms with E-state index >= 15 is 0 Å². The zero-order chi connectivity index (χ0) is 12.2. The van der Waals surface area contributed by atoms with E-state index in [-0.39, 0.29) is 5.41 Å². The number of rotatable bonds is 4. The van der Waals surface area contributed by atoms with Crippen LogP contribution >= 0.6 is 11.6 Å². The van der Waals surface area contributed by atoms with Crippen molar-refractivity contribution in [2.24, 2.45) is 5.41 Å². The third-order valence-corrected chi connectivity index (χ3v) is 2.49. The van der Waals surface area contributed by atoms with Crippen LogP contribution in [0.1, 0.15) is 20.3 Å². The molecule has 1 aromatic rings. The first kappa shape index (κ1) is 12.7. The molecular weight excluding hydrogens is 224 g/mol. The Morgan fingerprint density at radius 3 is 2.75 bits per heavy atom. The molecule has 0 amide bonds. The molecule has 0 saturated heterocycles. The lowest BCUT2D eigenvalue weighted by Crippen LogP contribution is -2.13. The summed E-state index contributed by atoms with van der Waals surface area (Å²) >= 11 is 5.77. The van der Waals surface area contributed by atoms with Crippen molar-refractivity contribution >= 4 is 17.3 Å². The van der Waals surface area contributed by atoms with Crippen molar-refractivity contribution < 1.29 is 4.74 Å². The minimum absolute atomic E-state index is 0.374. The van der Waals surface area contributed by atoms with E-state index in [1.165, 1.54) is 0 Å². The maximum atomic E-state index is 8.83. The number of nitriles is 1. The third-order valence-electron chi connectivity index (χ3n) is 2.26. The van der Waals surface area contributed by atoms with Crippen LogP contribution in [0, 0.1) is 16.7 Å². The van der Waals surface area contributed by atoms with Gasteiger partial charge in [-0.05, 0) is 38.5 Å². The van der Waals surface area contributed by atoms with Crippen LogP contribution in [0.2, 0.25) is 5.02 Å². The molecule has 0 atom stereocenters. The summed E-state index contributed by atoms with van der Waals surface area (Å²) in [7, 11) is 0. The molecule has 0 saturated carbocycles. The molecule has 0 heterocycles. The smallest absolute Gasteiger partial charge is 0.142 e. The van der Waals surface area contributed by atoms with Gasteiger partial charge in [0.25, 0.3) is 0 Å². The van der Waals surface area contributed by atoms with Crippen molar-refractivity contribution in [2.75, 3.05) is 12.3 Å². The molecule has 0 aliphatic carbocycles. The number of nitrogens with zero attached hydrogens (tertiary/aromatic N) is 1. The lowest BCUT2D eigenvalue weighted by atomic mass is 9.92. The van der Waals surface area contributed by atoms with Gasteiger partial charge in [0.2, 0.25) is 0 Å². The number of hydrogen-bond donors (Lipinski definition) is 1. The summed E-state index contributed by atoms with van der Waals surface area (Å²) in [6, 6.07) is 7.32. The molecule has 0 aliphatic heterocycles. The number of nitrogens with two attached hydrogens (primary N) is 1. The highest BCUT2D eigenvalue weighted by atomic mass is 35.5. The number of anilines is 1. The Labute approximate surface area is 101 Å². The van der Waals surface area contributed by atoms with Gasteiger partial charge < -0.3 is 10.5 Å². The minimum Gasteiger partial charge on any atom is -0.491 e. The standard InChI is InChI=1S/C12H15ClN2O/c1-12(2,8-14)5-6-16-11-4-3-9(13)7-10(11)15/h3-4,7H,5-6,15H2,1-2H3. The van der Waals surface area contributed by atoms with Crippen LogP contribution in [0.15, 0.2) is 18.2 Å². The largest absolute Gasteiger partial charge is 0.491 e. The van der Waals surface area contributed by atoms with E-state index in [9.17, 15) is 0 Å². The first-order chi connectivity index (χ1) is 7.44. The summed E-state index contributed by atoms with van der Waals surface area (Å²) in [4.78, 5) is 0. The van der Waals surface area contributed by atoms with Crippen molar-refractivity contribution in [3.05, 3.63) is 23.2 Å². The van der Waals surface area contributed by atoms with Crippen LogP contribution in [0.3, 0.4) is 0 Å². The minimum atomic E-state index is -0.374. The Hall–Kier alpha value is -1.40. The van der Waals surface area contributed by atoms with Crippen LogP contribution in [-0.4, -0.2) is 6.61 Å². The number of hydrogen-bond acceptors (Lipinski definition) is 3. The van der Waals surface area contributed by atoms with Gasteiger partial charge in [0.05, 0.1) is 23.8 Å². The molecule has 1 aromatic carbocycles. The number of halogens is 1. The molecule has 0 radical (unpaired) electrons. The third kappa shape index (κ3) is 3.63. The average Bonchev–Trinajstić information content (AvgIpc) is 2.21. The molecule has 0 aromatic heterocycles. The van der Waals surface area contributed by atoms with E-state index in [0.29, 0.717) is 29.5 Å². The highest BCUT2D eigenvalue weighted by Gasteiger charge is 2.16. The van der Waals surface area contributed by atoms with Crippen LogP contribution in [0.5, 0.6) is 5.75 Å². The molecule has 86 valence electrons. The molecule has 16 heavy (non-hydrogen) atoms. The highest BCUT2D eigenvalue weighted by molar-refractivity contribution is 6.30. The predicted octanol–water partition coefficient (Wildman–Crippen LogP) is 3.24. The first-order valence-electron chi connectivity index (χ1n) is 5.04. The Morgan fingerprint density at radius 1 is 1.50 bits per heavy atom.